The zero-order valence-corrected chi connectivity index (χ0v) is 32.3. The maximum atomic E-state index is 6.09. The van der Waals surface area contributed by atoms with Gasteiger partial charge in [0.05, 0.1) is 6.04 Å². The van der Waals surface area contributed by atoms with Crippen LogP contribution in [0.3, 0.4) is 0 Å². The van der Waals surface area contributed by atoms with E-state index in [0.29, 0.717) is 24.7 Å². The number of aliphatic imine (C=N–C) groups is 3. The molecule has 0 saturated heterocycles. The van der Waals surface area contributed by atoms with E-state index < -0.39 is 0 Å². The van der Waals surface area contributed by atoms with Crippen LogP contribution in [0.2, 0.25) is 0 Å². The number of hydrogen-bond donors (Lipinski definition) is 1. The molecule has 1 atom stereocenters. The Morgan fingerprint density at radius 3 is 2.31 bits per heavy atom. The molecule has 1 N–H and O–H groups in total. The van der Waals surface area contributed by atoms with Gasteiger partial charge in [0.25, 0.3) is 0 Å². The molecule has 0 amide bonds. The van der Waals surface area contributed by atoms with E-state index in [1.165, 1.54) is 27.9 Å². The number of hydrogen-bond acceptors (Lipinski definition) is 4. The second-order valence-corrected chi connectivity index (χ2v) is 14.7. The van der Waals surface area contributed by atoms with Crippen LogP contribution in [-0.2, 0) is 0 Å². The van der Waals surface area contributed by atoms with E-state index >= 15 is 0 Å². The molecule has 0 aromatic heterocycles. The molecule has 0 saturated carbocycles. The smallest absolute Gasteiger partial charge is 0.161 e. The number of nitrogens with one attached hydrogen (secondary N) is 1. The van der Waals surface area contributed by atoms with Crippen LogP contribution >= 0.6 is 0 Å². The van der Waals surface area contributed by atoms with E-state index in [9.17, 15) is 0 Å². The van der Waals surface area contributed by atoms with E-state index in [1.807, 2.05) is 92.1 Å². The monoisotopic (exact) mass is 723 g/mol. The number of para-hydroxylation sites is 1. The molecule has 55 heavy (non-hydrogen) atoms. The average Bonchev–Trinajstić information content (AvgIpc) is 3.71. The number of nitrogens with zero attached hydrogens (tertiary/aromatic N) is 4. The lowest BCUT2D eigenvalue weighted by Gasteiger charge is -2.41. The highest BCUT2D eigenvalue weighted by molar-refractivity contribution is 6.12. The second-order valence-electron chi connectivity index (χ2n) is 14.7. The van der Waals surface area contributed by atoms with Crippen molar-refractivity contribution in [3.05, 3.63) is 202 Å². The molecule has 276 valence electrons. The minimum atomic E-state index is -0.158. The molecule has 0 radical (unpaired) electrons. The molecule has 2 aliphatic heterocycles. The van der Waals surface area contributed by atoms with Crippen molar-refractivity contribution in [2.24, 2.45) is 20.4 Å². The molecule has 7 rings (SSSR count). The Labute approximate surface area is 326 Å². The van der Waals surface area contributed by atoms with Gasteiger partial charge in [0.2, 0.25) is 0 Å². The number of ether oxygens (including phenoxy) is 1. The van der Waals surface area contributed by atoms with Gasteiger partial charge in [-0.25, -0.2) is 15.0 Å². The van der Waals surface area contributed by atoms with Crippen molar-refractivity contribution < 1.29 is 4.74 Å². The van der Waals surface area contributed by atoms with Crippen LogP contribution in [0.5, 0.6) is 5.75 Å². The van der Waals surface area contributed by atoms with Crippen LogP contribution in [0.25, 0.3) is 5.57 Å². The van der Waals surface area contributed by atoms with Crippen LogP contribution < -0.4 is 10.1 Å². The number of fused-ring (bicyclic) bond motifs is 2. The van der Waals surface area contributed by atoms with Crippen LogP contribution in [0.1, 0.15) is 50.3 Å². The quantitative estimate of drug-likeness (QED) is 0.186. The van der Waals surface area contributed by atoms with Crippen LogP contribution in [-0.4, -0.2) is 49.5 Å². The predicted octanol–water partition coefficient (Wildman–Crippen LogP) is 10.4. The highest BCUT2D eigenvalue weighted by atomic mass is 16.5. The zero-order valence-electron chi connectivity index (χ0n) is 32.3. The van der Waals surface area contributed by atoms with Crippen molar-refractivity contribution >= 4 is 24.0 Å². The molecule has 2 heterocycles. The van der Waals surface area contributed by atoms with Gasteiger partial charge in [-0.2, -0.15) is 0 Å². The zero-order chi connectivity index (χ0) is 38.5. The fourth-order valence-electron chi connectivity index (χ4n) is 7.83. The summed E-state index contributed by atoms with van der Waals surface area (Å²) >= 11 is 0. The highest BCUT2D eigenvalue weighted by Crippen LogP contribution is 2.54. The summed E-state index contributed by atoms with van der Waals surface area (Å²) in [6.07, 6.45) is 16.5. The number of amidine groups is 2. The average molecular weight is 724 g/mol. The number of rotatable bonds is 8. The Kier molecular flexibility index (Phi) is 10.9. The lowest BCUT2D eigenvalue weighted by Crippen LogP contribution is -2.38. The molecule has 3 aromatic rings. The van der Waals surface area contributed by atoms with Crippen LogP contribution in [0.15, 0.2) is 201 Å². The van der Waals surface area contributed by atoms with E-state index in [1.54, 1.807) is 0 Å². The third-order valence-corrected chi connectivity index (χ3v) is 11.1. The first-order valence-corrected chi connectivity index (χ1v) is 18.9. The largest absolute Gasteiger partial charge is 0.488 e. The van der Waals surface area contributed by atoms with Crippen LogP contribution in [0.4, 0.5) is 0 Å². The summed E-state index contributed by atoms with van der Waals surface area (Å²) < 4.78 is 6.09. The second kappa shape index (κ2) is 16.1. The van der Waals surface area contributed by atoms with E-state index in [0.717, 1.165) is 57.9 Å². The Bertz CT molecular complexity index is 2310. The molecule has 6 heteroatoms. The summed E-state index contributed by atoms with van der Waals surface area (Å²) in [6, 6.07) is 28.1. The van der Waals surface area contributed by atoms with Crippen molar-refractivity contribution in [3.8, 4) is 5.75 Å². The lowest BCUT2D eigenvalue weighted by molar-refractivity contribution is 0.329. The fourth-order valence-corrected chi connectivity index (χ4v) is 7.83. The number of benzene rings is 3. The van der Waals surface area contributed by atoms with Crippen molar-refractivity contribution in [2.75, 3.05) is 20.2 Å². The fraction of sp³-hybridized carbons (Fsp3) is 0.204. The molecule has 0 bridgehead atoms. The first kappa shape index (κ1) is 37.2. The molecule has 6 nitrogen and oxygen atoms in total. The maximum Gasteiger partial charge on any atom is 0.161 e. The Hall–Kier alpha value is -6.11. The molecule has 2 aliphatic carbocycles. The highest BCUT2D eigenvalue weighted by Gasteiger charge is 2.42. The molecule has 0 spiro atoms. The first-order valence-electron chi connectivity index (χ1n) is 18.9. The van der Waals surface area contributed by atoms with Gasteiger partial charge in [0.15, 0.2) is 11.7 Å². The summed E-state index contributed by atoms with van der Waals surface area (Å²) in [6.45, 7) is 21.4. The van der Waals surface area contributed by atoms with Gasteiger partial charge in [0.1, 0.15) is 12.4 Å². The minimum Gasteiger partial charge on any atom is -0.488 e. The topological polar surface area (TPSA) is 61.6 Å². The van der Waals surface area contributed by atoms with Crippen LogP contribution in [0, 0.1) is 5.41 Å². The molecular formula is C49H49N5O. The normalized spacial score (nSPS) is 21.6. The van der Waals surface area contributed by atoms with Gasteiger partial charge in [-0.3, -0.25) is 0 Å². The summed E-state index contributed by atoms with van der Waals surface area (Å²) in [4.78, 5) is 16.8. The summed E-state index contributed by atoms with van der Waals surface area (Å²) in [5, 5.41) is 3.37. The molecule has 3 aromatic carbocycles. The van der Waals surface area contributed by atoms with Crippen molar-refractivity contribution in [3.63, 3.8) is 0 Å². The third-order valence-electron chi connectivity index (χ3n) is 11.1. The van der Waals surface area contributed by atoms with E-state index in [4.69, 9.17) is 14.7 Å². The summed E-state index contributed by atoms with van der Waals surface area (Å²) in [5.74, 6) is 1.99. The van der Waals surface area contributed by atoms with E-state index in [-0.39, 0.29) is 11.5 Å². The Morgan fingerprint density at radius 2 is 1.60 bits per heavy atom. The van der Waals surface area contributed by atoms with Crippen molar-refractivity contribution in [2.45, 2.75) is 39.7 Å². The third kappa shape index (κ3) is 7.51. The Balaban J connectivity index is 1.35. The molecule has 4 aliphatic rings. The molecule has 0 fully saturated rings. The molecule has 1 unspecified atom stereocenters. The predicted molar refractivity (Wildman–Crippen MR) is 230 cm³/mol. The van der Waals surface area contributed by atoms with Gasteiger partial charge in [0, 0.05) is 58.2 Å². The van der Waals surface area contributed by atoms with Crippen molar-refractivity contribution in [1.29, 1.82) is 0 Å². The standard InChI is InChI=1S/C49H49N5O/c1-33-18-14-15-19-34(2)54(39(26-27-50-6)31-52-48(37-22-12-9-13-23-37)53-47(51-7)36-20-10-8-11-21-36)45-30-44-43(29-41(33)45)42(35(3)49(44,4)5)28-38-32-55-46-25-17-16-24-40(38)46/h8-25,28-29,31,45,50H,1-2,7,26-27,30,32H2,3-6H3/b18-14-,19-15-,38-28+,39-31+,52-48?,53-47?. The SMILES string of the molecule is C=NC(=NC(=N/C=C(\CCNC)N1C(=C)/C=C\C=C/C(=C)C2=CC3=C(CC21)C(C)(C)C(C)=C3/C=C1\COc2ccccc21)c1ccccc1)c1ccccc1. The summed E-state index contributed by atoms with van der Waals surface area (Å²) in [7, 11) is 1.98. The van der Waals surface area contributed by atoms with Gasteiger partial charge in [-0.1, -0.05) is 135 Å². The maximum absolute atomic E-state index is 6.09. The van der Waals surface area contributed by atoms with E-state index in [2.05, 4.69) is 98.4 Å². The number of allylic oxidation sites excluding steroid dienone is 9. The van der Waals surface area contributed by atoms with Gasteiger partial charge < -0.3 is 15.0 Å². The summed E-state index contributed by atoms with van der Waals surface area (Å²) in [5.41, 5.74) is 13.3. The first-order chi connectivity index (χ1) is 26.7. The minimum absolute atomic E-state index is 0.0718. The van der Waals surface area contributed by atoms with Crippen molar-refractivity contribution in [1.82, 2.24) is 10.2 Å². The molecular weight excluding hydrogens is 675 g/mol. The van der Waals surface area contributed by atoms with Gasteiger partial charge in [-0.05, 0) is 73.7 Å². The lowest BCUT2D eigenvalue weighted by atomic mass is 9.74. The Morgan fingerprint density at radius 1 is 0.927 bits per heavy atom. The van der Waals surface area contributed by atoms with Gasteiger partial charge >= 0.3 is 0 Å². The van der Waals surface area contributed by atoms with Gasteiger partial charge in [-0.15, -0.1) is 0 Å².